The summed E-state index contributed by atoms with van der Waals surface area (Å²) in [5, 5.41) is 23.2. The third-order valence-electron chi connectivity index (χ3n) is 3.08. The molecule has 1 heterocycles. The van der Waals surface area contributed by atoms with E-state index in [2.05, 4.69) is 5.16 Å². The number of alkyl halides is 6. The van der Waals surface area contributed by atoms with Crippen LogP contribution in [0.2, 0.25) is 0 Å². The first-order valence-corrected chi connectivity index (χ1v) is 5.88. The fourth-order valence-electron chi connectivity index (χ4n) is 2.19. The Bertz CT molecular complexity index is 842. The van der Waals surface area contributed by atoms with Gasteiger partial charge in [0.2, 0.25) is 0 Å². The Hall–Kier alpha value is -3.19. The van der Waals surface area contributed by atoms with Gasteiger partial charge in [0.25, 0.3) is 17.4 Å². The molecule has 14 heteroatoms. The molecule has 0 spiro atoms. The second kappa shape index (κ2) is 5.42. The van der Waals surface area contributed by atoms with Gasteiger partial charge in [0, 0.05) is 0 Å². The van der Waals surface area contributed by atoms with Crippen LogP contribution in [0.3, 0.4) is 0 Å². The van der Waals surface area contributed by atoms with Crippen molar-refractivity contribution in [2.75, 3.05) is 5.32 Å². The molecule has 2 N–H and O–H groups in total. The summed E-state index contributed by atoms with van der Waals surface area (Å²) in [5.74, 6) is -3.48. The Balaban J connectivity index is 3.10. The lowest BCUT2D eigenvalue weighted by Gasteiger charge is -2.23. The molecule has 1 aromatic carbocycles. The number of ketones is 1. The van der Waals surface area contributed by atoms with Gasteiger partial charge in [-0.15, -0.1) is 0 Å². The maximum Gasteiger partial charge on any atom is 0.423 e. The summed E-state index contributed by atoms with van der Waals surface area (Å²) in [7, 11) is 0. The number of benzene rings is 1. The van der Waals surface area contributed by atoms with Crippen molar-refractivity contribution in [3.8, 4) is 0 Å². The lowest BCUT2D eigenvalue weighted by Crippen LogP contribution is -2.38. The van der Waals surface area contributed by atoms with Gasteiger partial charge in [-0.3, -0.25) is 19.7 Å². The van der Waals surface area contributed by atoms with Crippen LogP contribution in [0.1, 0.15) is 16.7 Å². The smallest absolute Gasteiger partial charge is 0.410 e. The van der Waals surface area contributed by atoms with Crippen molar-refractivity contribution >= 4 is 28.8 Å². The fourth-order valence-corrected chi connectivity index (χ4v) is 2.19. The number of halogens is 6. The van der Waals surface area contributed by atoms with Crippen LogP contribution in [0.5, 0.6) is 0 Å². The maximum absolute atomic E-state index is 13.3. The van der Waals surface area contributed by atoms with Gasteiger partial charge in [0.05, 0.1) is 16.2 Å². The molecule has 1 amide bonds. The van der Waals surface area contributed by atoms with E-state index in [1.165, 1.54) is 5.32 Å². The molecule has 0 radical (unpaired) electrons. The van der Waals surface area contributed by atoms with E-state index in [9.17, 15) is 46.0 Å². The molecule has 2 rings (SSSR count). The lowest BCUT2D eigenvalue weighted by molar-refractivity contribution is -0.391. The Morgan fingerprint density at radius 1 is 1.12 bits per heavy atom. The average molecular weight is 371 g/mol. The molecule has 0 fully saturated rings. The van der Waals surface area contributed by atoms with Crippen LogP contribution < -0.4 is 5.32 Å². The SMILES string of the molecule is O=C1Nc2cc(C(F)(F)F)c([N+](=O)[O-])c(C(F)(F)F)c2C(=NO)C1=O. The van der Waals surface area contributed by atoms with Crippen LogP contribution in [0.4, 0.5) is 37.7 Å². The predicted molar refractivity (Wildman–Crippen MR) is 65.1 cm³/mol. The number of oxime groups is 1. The van der Waals surface area contributed by atoms with E-state index < -0.39 is 62.7 Å². The second-order valence-electron chi connectivity index (χ2n) is 4.55. The number of nitro benzene ring substituents is 1. The van der Waals surface area contributed by atoms with Crippen molar-refractivity contribution in [2.45, 2.75) is 12.4 Å². The Morgan fingerprint density at radius 3 is 2.08 bits per heavy atom. The Morgan fingerprint density at radius 2 is 1.68 bits per heavy atom. The molecule has 8 nitrogen and oxygen atoms in total. The molecule has 0 bridgehead atoms. The highest BCUT2D eigenvalue weighted by molar-refractivity contribution is 6.72. The maximum atomic E-state index is 13.3. The molecular weight excluding hydrogens is 368 g/mol. The Kier molecular flexibility index (Phi) is 3.94. The number of amides is 1. The van der Waals surface area contributed by atoms with Crippen LogP contribution >= 0.6 is 0 Å². The van der Waals surface area contributed by atoms with Crippen molar-refractivity contribution in [3.05, 3.63) is 32.9 Å². The number of carbonyl (C=O) groups is 2. The summed E-state index contributed by atoms with van der Waals surface area (Å²) in [6, 6.07) is -0.141. The standard InChI is InChI=1S/C11H3F6N3O5/c12-10(13,14)2-1-3-4(6(19-23)8(21)9(22)18-3)5(11(15,16)17)7(2)20(24)25/h1,23H,(H,18,22). The number of anilines is 1. The van der Waals surface area contributed by atoms with Gasteiger partial charge in [0.15, 0.2) is 5.71 Å². The molecule has 0 unspecified atom stereocenters. The zero-order valence-electron chi connectivity index (χ0n) is 11.3. The van der Waals surface area contributed by atoms with Crippen LogP contribution in [0.25, 0.3) is 0 Å². The van der Waals surface area contributed by atoms with Crippen molar-refractivity contribution < 1.29 is 46.1 Å². The second-order valence-corrected chi connectivity index (χ2v) is 4.55. The van der Waals surface area contributed by atoms with E-state index in [1.807, 2.05) is 0 Å². The normalized spacial score (nSPS) is 16.6. The van der Waals surface area contributed by atoms with Crippen LogP contribution in [0.15, 0.2) is 11.2 Å². The average Bonchev–Trinajstić information content (AvgIpc) is 2.44. The van der Waals surface area contributed by atoms with Crippen LogP contribution in [0, 0.1) is 10.1 Å². The summed E-state index contributed by atoms with van der Waals surface area (Å²) < 4.78 is 78.7. The van der Waals surface area contributed by atoms with E-state index in [0.29, 0.717) is 0 Å². The molecule has 1 aliphatic rings. The topological polar surface area (TPSA) is 122 Å². The van der Waals surface area contributed by atoms with Gasteiger partial charge in [-0.1, -0.05) is 5.16 Å². The van der Waals surface area contributed by atoms with E-state index in [4.69, 9.17) is 5.21 Å². The third kappa shape index (κ3) is 2.85. The van der Waals surface area contributed by atoms with Gasteiger partial charge in [0.1, 0.15) is 11.1 Å². The molecule has 0 saturated carbocycles. The van der Waals surface area contributed by atoms with E-state index in [-0.39, 0.29) is 6.07 Å². The lowest BCUT2D eigenvalue weighted by atomic mass is 9.90. The number of hydrogen-bond donors (Lipinski definition) is 2. The van der Waals surface area contributed by atoms with Crippen LogP contribution in [-0.2, 0) is 21.9 Å². The molecular formula is C11H3F6N3O5. The van der Waals surface area contributed by atoms with E-state index in [0.717, 1.165) is 0 Å². The minimum absolute atomic E-state index is 0.141. The molecule has 0 atom stereocenters. The predicted octanol–water partition coefficient (Wildman–Crippen LogP) is 2.33. The first kappa shape index (κ1) is 18.2. The zero-order chi connectivity index (χ0) is 19.3. The summed E-state index contributed by atoms with van der Waals surface area (Å²) in [6.07, 6.45) is -11.3. The number of nitrogens with one attached hydrogen (secondary N) is 1. The van der Waals surface area contributed by atoms with E-state index >= 15 is 0 Å². The van der Waals surface area contributed by atoms with Crippen molar-refractivity contribution in [1.29, 1.82) is 0 Å². The van der Waals surface area contributed by atoms with Gasteiger partial charge >= 0.3 is 12.4 Å². The highest BCUT2D eigenvalue weighted by Gasteiger charge is 2.52. The number of fused-ring (bicyclic) bond motifs is 1. The Labute approximate surface area is 131 Å². The number of carbonyl (C=O) groups excluding carboxylic acids is 2. The molecule has 25 heavy (non-hydrogen) atoms. The summed E-state index contributed by atoms with van der Waals surface area (Å²) in [5.41, 5.74) is -11.5. The molecule has 1 aromatic rings. The summed E-state index contributed by atoms with van der Waals surface area (Å²) >= 11 is 0. The van der Waals surface area contributed by atoms with Gasteiger partial charge in [-0.05, 0) is 6.07 Å². The quantitative estimate of drug-likeness (QED) is 0.258. The minimum Gasteiger partial charge on any atom is -0.410 e. The first-order valence-electron chi connectivity index (χ1n) is 5.88. The van der Waals surface area contributed by atoms with Gasteiger partial charge < -0.3 is 10.5 Å². The fraction of sp³-hybridized carbons (Fsp3) is 0.182. The zero-order valence-corrected chi connectivity index (χ0v) is 11.3. The number of rotatable bonds is 1. The number of nitro groups is 1. The first-order chi connectivity index (χ1) is 11.3. The van der Waals surface area contributed by atoms with Crippen molar-refractivity contribution in [2.24, 2.45) is 5.16 Å². The molecule has 0 aromatic heterocycles. The number of hydrogen-bond acceptors (Lipinski definition) is 6. The molecule has 0 saturated heterocycles. The van der Waals surface area contributed by atoms with Crippen molar-refractivity contribution in [1.82, 2.24) is 0 Å². The summed E-state index contributed by atoms with van der Waals surface area (Å²) in [6.45, 7) is 0. The number of Topliss-reactive ketones (excluding diaryl/α,β-unsaturated/α-hetero) is 1. The van der Waals surface area contributed by atoms with Crippen molar-refractivity contribution in [3.63, 3.8) is 0 Å². The van der Waals surface area contributed by atoms with E-state index in [1.54, 1.807) is 0 Å². The summed E-state index contributed by atoms with van der Waals surface area (Å²) in [4.78, 5) is 31.8. The largest absolute Gasteiger partial charge is 0.423 e. The third-order valence-corrected chi connectivity index (χ3v) is 3.08. The molecule has 134 valence electrons. The molecule has 0 aliphatic carbocycles. The minimum atomic E-state index is -5.74. The monoisotopic (exact) mass is 371 g/mol. The van der Waals surface area contributed by atoms with Gasteiger partial charge in [-0.25, -0.2) is 0 Å². The number of nitrogens with zero attached hydrogens (tertiary/aromatic N) is 2. The highest BCUT2D eigenvalue weighted by atomic mass is 19.4. The molecule has 1 aliphatic heterocycles. The highest BCUT2D eigenvalue weighted by Crippen LogP contribution is 2.48. The van der Waals surface area contributed by atoms with Gasteiger partial charge in [-0.2, -0.15) is 26.3 Å². The van der Waals surface area contributed by atoms with Crippen LogP contribution in [-0.4, -0.2) is 27.5 Å².